The molecule has 1 aliphatic heterocycles. The fourth-order valence-electron chi connectivity index (χ4n) is 3.42. The van der Waals surface area contributed by atoms with E-state index in [-0.39, 0.29) is 17.4 Å². The van der Waals surface area contributed by atoms with E-state index in [0.29, 0.717) is 13.1 Å². The molecule has 0 radical (unpaired) electrons. The van der Waals surface area contributed by atoms with Gasteiger partial charge in [0.05, 0.1) is 7.11 Å². The monoisotopic (exact) mass is 415 g/mol. The number of carbonyl (C=O) groups is 1. The van der Waals surface area contributed by atoms with Crippen molar-refractivity contribution in [3.05, 3.63) is 64.7 Å². The summed E-state index contributed by atoms with van der Waals surface area (Å²) in [7, 11) is 1.62. The molecule has 2 heterocycles. The lowest BCUT2D eigenvalue weighted by atomic mass is 9.98. The largest absolute Gasteiger partial charge is 0.497 e. The zero-order chi connectivity index (χ0) is 20.4. The number of rotatable bonds is 4. The molecular weight excluding hydrogens is 396 g/mol. The second-order valence-electron chi connectivity index (χ2n) is 6.89. The van der Waals surface area contributed by atoms with E-state index in [0.717, 1.165) is 46.3 Å². The number of carbonyl (C=O) groups excluding carboxylic acids is 1. The van der Waals surface area contributed by atoms with Crippen molar-refractivity contribution in [3.8, 4) is 16.3 Å². The summed E-state index contributed by atoms with van der Waals surface area (Å²) in [5.41, 5.74) is 1.11. The molecule has 1 fully saturated rings. The first kappa shape index (κ1) is 19.4. The highest BCUT2D eigenvalue weighted by Gasteiger charge is 2.28. The average molecular weight is 415 g/mol. The highest BCUT2D eigenvalue weighted by atomic mass is 32.1. The van der Waals surface area contributed by atoms with E-state index in [4.69, 9.17) is 4.74 Å². The lowest BCUT2D eigenvalue weighted by Gasteiger charge is -2.31. The third-order valence-electron chi connectivity index (χ3n) is 5.00. The molecule has 150 valence electrons. The number of ether oxygens (including phenoxy) is 1. The van der Waals surface area contributed by atoms with Crippen LogP contribution in [0.4, 0.5) is 8.78 Å². The Morgan fingerprint density at radius 1 is 1.14 bits per heavy atom. The van der Waals surface area contributed by atoms with Crippen molar-refractivity contribution in [3.63, 3.8) is 0 Å². The molecule has 0 aliphatic carbocycles. The molecule has 1 amide bonds. The van der Waals surface area contributed by atoms with Crippen LogP contribution in [0.5, 0.6) is 5.75 Å². The molecule has 4 rings (SSSR count). The minimum absolute atomic E-state index is 0.0718. The second kappa shape index (κ2) is 8.24. The molecule has 29 heavy (non-hydrogen) atoms. The van der Waals surface area contributed by atoms with Crippen LogP contribution < -0.4 is 4.74 Å². The maximum atomic E-state index is 13.5. The molecule has 0 bridgehead atoms. The molecule has 3 aromatic rings. The first-order valence-corrected chi connectivity index (χ1v) is 10.1. The zero-order valence-electron chi connectivity index (χ0n) is 15.8. The van der Waals surface area contributed by atoms with Gasteiger partial charge in [-0.05, 0) is 55.3 Å². The summed E-state index contributed by atoms with van der Waals surface area (Å²) in [6.07, 6.45) is 1.72. The SMILES string of the molecule is COc1ccc(-c2nnc(C3CCCN(C(=O)c4ccc(F)c(F)c4)C3)s2)cc1. The van der Waals surface area contributed by atoms with Crippen LogP contribution in [0.3, 0.4) is 0 Å². The molecule has 2 aromatic carbocycles. The van der Waals surface area contributed by atoms with Crippen molar-refractivity contribution in [2.45, 2.75) is 18.8 Å². The van der Waals surface area contributed by atoms with E-state index in [1.807, 2.05) is 24.3 Å². The van der Waals surface area contributed by atoms with Gasteiger partial charge in [-0.15, -0.1) is 10.2 Å². The number of nitrogens with zero attached hydrogens (tertiary/aromatic N) is 3. The Morgan fingerprint density at radius 2 is 1.93 bits per heavy atom. The van der Waals surface area contributed by atoms with Crippen LogP contribution in [0.1, 0.15) is 34.1 Å². The number of methoxy groups -OCH3 is 1. The number of benzene rings is 2. The van der Waals surface area contributed by atoms with Gasteiger partial charge in [0, 0.05) is 30.1 Å². The number of hydrogen-bond donors (Lipinski definition) is 0. The first-order chi connectivity index (χ1) is 14.0. The van der Waals surface area contributed by atoms with E-state index >= 15 is 0 Å². The van der Waals surface area contributed by atoms with E-state index in [9.17, 15) is 13.6 Å². The Bertz CT molecular complexity index is 1020. The Kier molecular flexibility index (Phi) is 5.53. The van der Waals surface area contributed by atoms with Crippen molar-refractivity contribution in [1.29, 1.82) is 0 Å². The van der Waals surface area contributed by atoms with Crippen molar-refractivity contribution in [2.24, 2.45) is 0 Å². The Labute approximate surface area is 171 Å². The van der Waals surface area contributed by atoms with Crippen LogP contribution in [0.25, 0.3) is 10.6 Å². The number of hydrogen-bond acceptors (Lipinski definition) is 5. The maximum absolute atomic E-state index is 13.5. The number of aromatic nitrogens is 2. The molecule has 0 N–H and O–H groups in total. The van der Waals surface area contributed by atoms with Crippen LogP contribution >= 0.6 is 11.3 Å². The molecule has 8 heteroatoms. The average Bonchev–Trinajstić information content (AvgIpc) is 3.26. The van der Waals surface area contributed by atoms with Gasteiger partial charge in [0.2, 0.25) is 0 Å². The number of likely N-dealkylation sites (tertiary alicyclic amines) is 1. The fourth-order valence-corrected chi connectivity index (χ4v) is 4.40. The van der Waals surface area contributed by atoms with Gasteiger partial charge in [-0.25, -0.2) is 8.78 Å². The minimum atomic E-state index is -1.02. The summed E-state index contributed by atoms with van der Waals surface area (Å²) in [6, 6.07) is 10.9. The normalized spacial score (nSPS) is 16.7. The summed E-state index contributed by atoms with van der Waals surface area (Å²) in [5, 5.41) is 10.3. The van der Waals surface area contributed by atoms with Gasteiger partial charge in [0.1, 0.15) is 15.8 Å². The molecular formula is C21H19F2N3O2S. The van der Waals surface area contributed by atoms with Gasteiger partial charge in [-0.1, -0.05) is 11.3 Å². The summed E-state index contributed by atoms with van der Waals surface area (Å²) < 4.78 is 31.8. The third kappa shape index (κ3) is 4.12. The molecule has 1 atom stereocenters. The van der Waals surface area contributed by atoms with Crippen LogP contribution in [-0.4, -0.2) is 41.2 Å². The molecule has 1 aliphatic rings. The van der Waals surface area contributed by atoms with Crippen molar-refractivity contribution >= 4 is 17.2 Å². The predicted molar refractivity (Wildman–Crippen MR) is 106 cm³/mol. The molecule has 0 saturated carbocycles. The van der Waals surface area contributed by atoms with Gasteiger partial charge in [-0.3, -0.25) is 4.79 Å². The summed E-state index contributed by atoms with van der Waals surface area (Å²) in [5.74, 6) is -1.43. The smallest absolute Gasteiger partial charge is 0.253 e. The fraction of sp³-hybridized carbons (Fsp3) is 0.286. The highest BCUT2D eigenvalue weighted by molar-refractivity contribution is 7.14. The number of halogens is 2. The van der Waals surface area contributed by atoms with Crippen molar-refractivity contribution < 1.29 is 18.3 Å². The Balaban J connectivity index is 1.49. The van der Waals surface area contributed by atoms with Gasteiger partial charge < -0.3 is 9.64 Å². The lowest BCUT2D eigenvalue weighted by molar-refractivity contribution is 0.0706. The standard InChI is InChI=1S/C21H19F2N3O2S/c1-28-16-7-4-13(5-8-16)19-24-25-20(29-19)15-3-2-10-26(12-15)21(27)14-6-9-17(22)18(23)11-14/h4-9,11,15H,2-3,10,12H2,1H3. The number of piperidine rings is 1. The molecule has 1 saturated heterocycles. The van der Waals surface area contributed by atoms with E-state index in [2.05, 4.69) is 10.2 Å². The van der Waals surface area contributed by atoms with Gasteiger partial charge in [-0.2, -0.15) is 0 Å². The van der Waals surface area contributed by atoms with E-state index in [1.54, 1.807) is 12.0 Å². The summed E-state index contributed by atoms with van der Waals surface area (Å²) in [4.78, 5) is 14.4. The van der Waals surface area contributed by atoms with Gasteiger partial charge in [0.15, 0.2) is 11.6 Å². The first-order valence-electron chi connectivity index (χ1n) is 9.27. The molecule has 5 nitrogen and oxygen atoms in total. The maximum Gasteiger partial charge on any atom is 0.253 e. The van der Waals surface area contributed by atoms with E-state index < -0.39 is 11.6 Å². The lowest BCUT2D eigenvalue weighted by Crippen LogP contribution is -2.39. The van der Waals surface area contributed by atoms with Crippen molar-refractivity contribution in [2.75, 3.05) is 20.2 Å². The Morgan fingerprint density at radius 3 is 2.66 bits per heavy atom. The topological polar surface area (TPSA) is 55.3 Å². The summed E-state index contributed by atoms with van der Waals surface area (Å²) >= 11 is 1.51. The summed E-state index contributed by atoms with van der Waals surface area (Å²) in [6.45, 7) is 1.06. The van der Waals surface area contributed by atoms with Crippen LogP contribution in [0, 0.1) is 11.6 Å². The molecule has 0 spiro atoms. The van der Waals surface area contributed by atoms with Crippen LogP contribution in [0.2, 0.25) is 0 Å². The second-order valence-corrected chi connectivity index (χ2v) is 7.90. The third-order valence-corrected chi connectivity index (χ3v) is 6.14. The van der Waals surface area contributed by atoms with Crippen molar-refractivity contribution in [1.82, 2.24) is 15.1 Å². The molecule has 1 unspecified atom stereocenters. The van der Waals surface area contributed by atoms with Gasteiger partial charge in [0.25, 0.3) is 5.91 Å². The minimum Gasteiger partial charge on any atom is -0.497 e. The van der Waals surface area contributed by atoms with Crippen LogP contribution in [-0.2, 0) is 0 Å². The zero-order valence-corrected chi connectivity index (χ0v) is 16.6. The Hall–Kier alpha value is -2.87. The quantitative estimate of drug-likeness (QED) is 0.629. The molecule has 1 aromatic heterocycles. The predicted octanol–water partition coefficient (Wildman–Crippen LogP) is 4.51. The highest BCUT2D eigenvalue weighted by Crippen LogP contribution is 2.33. The van der Waals surface area contributed by atoms with Crippen LogP contribution in [0.15, 0.2) is 42.5 Å². The van der Waals surface area contributed by atoms with E-state index in [1.165, 1.54) is 17.4 Å². The van der Waals surface area contributed by atoms with Gasteiger partial charge >= 0.3 is 0 Å². The number of amides is 1.